The van der Waals surface area contributed by atoms with Crippen LogP contribution in [0.3, 0.4) is 0 Å². The number of rotatable bonds is 7. The first-order valence-electron chi connectivity index (χ1n) is 8.30. The summed E-state index contributed by atoms with van der Waals surface area (Å²) >= 11 is 0. The number of para-hydroxylation sites is 1. The van der Waals surface area contributed by atoms with Gasteiger partial charge in [0, 0.05) is 18.0 Å². The number of carboxylic acids is 1. The molecular weight excluding hydrogens is 330 g/mol. The number of nitrogens with zero attached hydrogens (tertiary/aromatic N) is 2. The molecule has 1 heterocycles. The van der Waals surface area contributed by atoms with Crippen LogP contribution >= 0.6 is 0 Å². The third-order valence-electron chi connectivity index (χ3n) is 4.05. The summed E-state index contributed by atoms with van der Waals surface area (Å²) < 4.78 is 7.03. The van der Waals surface area contributed by atoms with Crippen LogP contribution in [0.15, 0.2) is 54.7 Å². The average Bonchev–Trinajstić information content (AvgIpc) is 3.06. The molecule has 0 radical (unpaired) electrons. The number of nitrogens with one attached hydrogen (secondary N) is 1. The maximum Gasteiger partial charge on any atom is 0.329 e. The molecule has 0 amide bonds. The molecule has 134 valence electrons. The zero-order valence-electron chi connectivity index (χ0n) is 14.8. The third-order valence-corrected chi connectivity index (χ3v) is 4.05. The highest BCUT2D eigenvalue weighted by Gasteiger charge is 2.08. The number of carbonyl (C=O) groups is 1. The van der Waals surface area contributed by atoms with E-state index in [1.165, 1.54) is 0 Å². The largest absolute Gasteiger partial charge is 0.480 e. The van der Waals surface area contributed by atoms with Crippen molar-refractivity contribution in [3.63, 3.8) is 0 Å². The molecule has 0 saturated carbocycles. The summed E-state index contributed by atoms with van der Waals surface area (Å²) in [5, 5.41) is 16.5. The Morgan fingerprint density at radius 2 is 1.85 bits per heavy atom. The maximum atomic E-state index is 10.6. The van der Waals surface area contributed by atoms with Crippen LogP contribution in [-0.4, -0.2) is 27.5 Å². The van der Waals surface area contributed by atoms with Gasteiger partial charge in [-0.05, 0) is 54.8 Å². The highest BCUT2D eigenvalue weighted by molar-refractivity contribution is 5.68. The van der Waals surface area contributed by atoms with E-state index in [9.17, 15) is 4.79 Å². The summed E-state index contributed by atoms with van der Waals surface area (Å²) in [6.45, 7) is 3.96. The standard InChI is InChI=1S/C20H21N3O3/c1-14-10-16(11-15(2)18(14)12-26-13-20(24)25)21-19-8-9-23(22-19)17-6-4-3-5-7-17/h3-11H,12-13H2,1-2H3,(H,21,22)(H,24,25). The minimum Gasteiger partial charge on any atom is -0.480 e. The fourth-order valence-electron chi connectivity index (χ4n) is 2.80. The van der Waals surface area contributed by atoms with Crippen LogP contribution in [0, 0.1) is 13.8 Å². The third kappa shape index (κ3) is 4.29. The Bertz CT molecular complexity index is 881. The summed E-state index contributed by atoms with van der Waals surface area (Å²) in [5.74, 6) is -0.213. The molecule has 6 nitrogen and oxygen atoms in total. The number of aryl methyl sites for hydroxylation is 2. The zero-order valence-corrected chi connectivity index (χ0v) is 14.8. The highest BCUT2D eigenvalue weighted by atomic mass is 16.5. The number of hydrogen-bond donors (Lipinski definition) is 2. The molecule has 26 heavy (non-hydrogen) atoms. The van der Waals surface area contributed by atoms with Gasteiger partial charge < -0.3 is 15.2 Å². The first-order valence-corrected chi connectivity index (χ1v) is 8.30. The van der Waals surface area contributed by atoms with Crippen LogP contribution < -0.4 is 5.32 Å². The first kappa shape index (κ1) is 17.7. The van der Waals surface area contributed by atoms with E-state index >= 15 is 0 Å². The van der Waals surface area contributed by atoms with Crippen LogP contribution in [0.25, 0.3) is 5.69 Å². The molecule has 0 saturated heterocycles. The summed E-state index contributed by atoms with van der Waals surface area (Å²) in [6.07, 6.45) is 1.91. The Labute approximate surface area is 152 Å². The van der Waals surface area contributed by atoms with Gasteiger partial charge in [-0.25, -0.2) is 9.48 Å². The highest BCUT2D eigenvalue weighted by Crippen LogP contribution is 2.23. The Morgan fingerprint density at radius 3 is 2.50 bits per heavy atom. The SMILES string of the molecule is Cc1cc(Nc2ccn(-c3ccccc3)n2)cc(C)c1COCC(=O)O. The quantitative estimate of drug-likeness (QED) is 0.676. The molecule has 0 unspecified atom stereocenters. The van der Waals surface area contributed by atoms with Crippen molar-refractivity contribution in [1.82, 2.24) is 9.78 Å². The molecule has 0 aliphatic heterocycles. The maximum absolute atomic E-state index is 10.6. The molecule has 0 fully saturated rings. The Balaban J connectivity index is 1.72. The van der Waals surface area contributed by atoms with Crippen molar-refractivity contribution < 1.29 is 14.6 Å². The van der Waals surface area contributed by atoms with E-state index in [0.717, 1.165) is 33.9 Å². The van der Waals surface area contributed by atoms with Gasteiger partial charge >= 0.3 is 5.97 Å². The van der Waals surface area contributed by atoms with Gasteiger partial charge in [0.2, 0.25) is 0 Å². The van der Waals surface area contributed by atoms with E-state index in [0.29, 0.717) is 0 Å². The molecule has 3 aromatic rings. The molecule has 3 rings (SSSR count). The van der Waals surface area contributed by atoms with Gasteiger partial charge in [-0.2, -0.15) is 5.10 Å². The topological polar surface area (TPSA) is 76.4 Å². The Hall–Kier alpha value is -3.12. The van der Waals surface area contributed by atoms with E-state index in [-0.39, 0.29) is 13.2 Å². The second kappa shape index (κ2) is 7.84. The number of benzene rings is 2. The lowest BCUT2D eigenvalue weighted by molar-refractivity contribution is -0.142. The molecule has 0 spiro atoms. The second-order valence-electron chi connectivity index (χ2n) is 6.08. The Morgan fingerprint density at radius 1 is 1.15 bits per heavy atom. The first-order chi connectivity index (χ1) is 12.5. The van der Waals surface area contributed by atoms with Gasteiger partial charge in [0.05, 0.1) is 12.3 Å². The summed E-state index contributed by atoms with van der Waals surface area (Å²) in [5.41, 5.74) is 5.02. The van der Waals surface area contributed by atoms with Gasteiger partial charge in [-0.1, -0.05) is 18.2 Å². The predicted octanol–water partition coefficient (Wildman–Crippen LogP) is 3.83. The van der Waals surface area contributed by atoms with Crippen molar-refractivity contribution in [2.75, 3.05) is 11.9 Å². The van der Waals surface area contributed by atoms with E-state index < -0.39 is 5.97 Å². The molecule has 0 aliphatic rings. The predicted molar refractivity (Wildman–Crippen MR) is 100 cm³/mol. The van der Waals surface area contributed by atoms with Crippen molar-refractivity contribution in [3.05, 3.63) is 71.4 Å². The smallest absolute Gasteiger partial charge is 0.329 e. The number of hydrogen-bond acceptors (Lipinski definition) is 4. The lowest BCUT2D eigenvalue weighted by atomic mass is 10.0. The number of ether oxygens (including phenoxy) is 1. The van der Waals surface area contributed by atoms with Gasteiger partial charge in [-0.15, -0.1) is 0 Å². The number of aromatic nitrogens is 2. The normalized spacial score (nSPS) is 10.7. The summed E-state index contributed by atoms with van der Waals surface area (Å²) in [7, 11) is 0. The van der Waals surface area contributed by atoms with Gasteiger partial charge in [0.25, 0.3) is 0 Å². The molecule has 6 heteroatoms. The number of carboxylic acid groups (broad SMARTS) is 1. The van der Waals surface area contributed by atoms with Gasteiger partial charge in [0.15, 0.2) is 5.82 Å². The lowest BCUT2D eigenvalue weighted by Crippen LogP contribution is -2.08. The molecular formula is C20H21N3O3. The molecule has 0 aliphatic carbocycles. The van der Waals surface area contributed by atoms with E-state index in [1.54, 1.807) is 0 Å². The van der Waals surface area contributed by atoms with Crippen molar-refractivity contribution in [1.29, 1.82) is 0 Å². The molecule has 0 bridgehead atoms. The van der Waals surface area contributed by atoms with Crippen molar-refractivity contribution >= 4 is 17.5 Å². The van der Waals surface area contributed by atoms with Crippen LogP contribution in [0.2, 0.25) is 0 Å². The average molecular weight is 351 g/mol. The number of aliphatic carboxylic acids is 1. The number of anilines is 2. The summed E-state index contributed by atoms with van der Waals surface area (Å²) in [4.78, 5) is 10.6. The lowest BCUT2D eigenvalue weighted by Gasteiger charge is -2.13. The van der Waals surface area contributed by atoms with Gasteiger partial charge in [0.1, 0.15) is 6.61 Å². The van der Waals surface area contributed by atoms with E-state index in [4.69, 9.17) is 9.84 Å². The second-order valence-corrected chi connectivity index (χ2v) is 6.08. The van der Waals surface area contributed by atoms with Crippen LogP contribution in [0.4, 0.5) is 11.5 Å². The van der Waals surface area contributed by atoms with Crippen LogP contribution in [0.5, 0.6) is 0 Å². The van der Waals surface area contributed by atoms with E-state index in [1.807, 2.05) is 73.3 Å². The molecule has 1 aromatic heterocycles. The van der Waals surface area contributed by atoms with Crippen molar-refractivity contribution in [2.24, 2.45) is 0 Å². The van der Waals surface area contributed by atoms with Crippen LogP contribution in [-0.2, 0) is 16.1 Å². The zero-order chi connectivity index (χ0) is 18.5. The minimum absolute atomic E-state index is 0.285. The van der Waals surface area contributed by atoms with E-state index in [2.05, 4.69) is 10.4 Å². The Kier molecular flexibility index (Phi) is 5.34. The summed E-state index contributed by atoms with van der Waals surface area (Å²) in [6, 6.07) is 15.8. The van der Waals surface area contributed by atoms with Crippen LogP contribution in [0.1, 0.15) is 16.7 Å². The molecule has 0 atom stereocenters. The van der Waals surface area contributed by atoms with Gasteiger partial charge in [-0.3, -0.25) is 0 Å². The minimum atomic E-state index is -0.965. The fraction of sp³-hybridized carbons (Fsp3) is 0.200. The molecule has 2 N–H and O–H groups in total. The molecule has 2 aromatic carbocycles. The monoisotopic (exact) mass is 351 g/mol. The van der Waals surface area contributed by atoms with Crippen molar-refractivity contribution in [3.8, 4) is 5.69 Å². The fourth-order valence-corrected chi connectivity index (χ4v) is 2.80. The van der Waals surface area contributed by atoms with Crippen molar-refractivity contribution in [2.45, 2.75) is 20.5 Å².